The van der Waals surface area contributed by atoms with Crippen LogP contribution in [0.2, 0.25) is 0 Å². The molecule has 3 heteroatoms. The van der Waals surface area contributed by atoms with Gasteiger partial charge in [-0.05, 0) is 51.3 Å². The first-order chi connectivity index (χ1) is 9.24. The highest BCUT2D eigenvalue weighted by Crippen LogP contribution is 2.18. The van der Waals surface area contributed by atoms with Crippen molar-refractivity contribution in [3.8, 4) is 5.75 Å². The average molecular weight is 265 g/mol. The number of aryl methyl sites for hydroxylation is 2. The summed E-state index contributed by atoms with van der Waals surface area (Å²) in [6, 6.07) is 6.26. The molecule has 0 amide bonds. The van der Waals surface area contributed by atoms with E-state index in [9.17, 15) is 0 Å². The lowest BCUT2D eigenvalue weighted by Crippen LogP contribution is -2.05. The molecule has 0 fully saturated rings. The molecule has 0 aliphatic heterocycles. The summed E-state index contributed by atoms with van der Waals surface area (Å²) in [5.74, 6) is 0.980. The average Bonchev–Trinajstić information content (AvgIpc) is 2.39. The van der Waals surface area contributed by atoms with Crippen molar-refractivity contribution in [3.63, 3.8) is 0 Å². The van der Waals surface area contributed by atoms with Crippen LogP contribution in [-0.4, -0.2) is 26.4 Å². The lowest BCUT2D eigenvalue weighted by Gasteiger charge is -2.10. The number of hydrogen-bond donors (Lipinski definition) is 1. The van der Waals surface area contributed by atoms with Crippen molar-refractivity contribution < 1.29 is 9.47 Å². The van der Waals surface area contributed by atoms with Crippen LogP contribution in [-0.2, 0) is 4.74 Å². The van der Waals surface area contributed by atoms with Gasteiger partial charge in [-0.2, -0.15) is 0 Å². The Morgan fingerprint density at radius 3 is 2.47 bits per heavy atom. The molecule has 1 rings (SSSR count). The van der Waals surface area contributed by atoms with E-state index in [4.69, 9.17) is 15.2 Å². The van der Waals surface area contributed by atoms with E-state index < -0.39 is 0 Å². The summed E-state index contributed by atoms with van der Waals surface area (Å²) in [7, 11) is 0. The van der Waals surface area contributed by atoms with Gasteiger partial charge in [-0.1, -0.05) is 17.7 Å². The van der Waals surface area contributed by atoms with E-state index in [1.807, 2.05) is 6.07 Å². The molecule has 3 nitrogen and oxygen atoms in total. The Labute approximate surface area is 117 Å². The van der Waals surface area contributed by atoms with E-state index >= 15 is 0 Å². The van der Waals surface area contributed by atoms with Crippen molar-refractivity contribution in [2.24, 2.45) is 5.73 Å². The highest BCUT2D eigenvalue weighted by Gasteiger charge is 1.99. The summed E-state index contributed by atoms with van der Waals surface area (Å²) in [4.78, 5) is 0. The summed E-state index contributed by atoms with van der Waals surface area (Å²) in [5.41, 5.74) is 7.89. The summed E-state index contributed by atoms with van der Waals surface area (Å²) in [6.45, 7) is 7.28. The number of unbranched alkanes of at least 4 members (excludes halogenated alkanes) is 2. The zero-order chi connectivity index (χ0) is 13.9. The van der Waals surface area contributed by atoms with Crippen molar-refractivity contribution >= 4 is 0 Å². The first-order valence-corrected chi connectivity index (χ1v) is 7.22. The third-order valence-electron chi connectivity index (χ3n) is 3.01. The molecule has 0 unspecified atom stereocenters. The molecular formula is C16H27NO2. The SMILES string of the molecule is Cc1ccc(OCCCOCCCCCN)c(C)c1. The molecule has 0 aliphatic carbocycles. The van der Waals surface area contributed by atoms with E-state index in [1.54, 1.807) is 0 Å². The van der Waals surface area contributed by atoms with Gasteiger partial charge in [0.2, 0.25) is 0 Å². The van der Waals surface area contributed by atoms with Gasteiger partial charge in [0.15, 0.2) is 0 Å². The van der Waals surface area contributed by atoms with Crippen molar-refractivity contribution in [1.29, 1.82) is 0 Å². The highest BCUT2D eigenvalue weighted by atomic mass is 16.5. The molecule has 0 saturated carbocycles. The van der Waals surface area contributed by atoms with Crippen LogP contribution in [0.4, 0.5) is 0 Å². The molecule has 0 spiro atoms. The van der Waals surface area contributed by atoms with Crippen LogP contribution in [0.5, 0.6) is 5.75 Å². The fourth-order valence-corrected chi connectivity index (χ4v) is 1.93. The van der Waals surface area contributed by atoms with Gasteiger partial charge >= 0.3 is 0 Å². The molecule has 0 saturated heterocycles. The molecule has 108 valence electrons. The van der Waals surface area contributed by atoms with Gasteiger partial charge in [0.1, 0.15) is 5.75 Å². The fourth-order valence-electron chi connectivity index (χ4n) is 1.93. The van der Waals surface area contributed by atoms with E-state index in [0.717, 1.165) is 51.2 Å². The molecule has 1 aromatic rings. The Balaban J connectivity index is 2.01. The zero-order valence-electron chi connectivity index (χ0n) is 12.3. The quantitative estimate of drug-likeness (QED) is 0.661. The molecular weight excluding hydrogens is 238 g/mol. The number of nitrogens with two attached hydrogens (primary N) is 1. The largest absolute Gasteiger partial charge is 0.493 e. The topological polar surface area (TPSA) is 44.5 Å². The smallest absolute Gasteiger partial charge is 0.122 e. The second-order valence-electron chi connectivity index (χ2n) is 4.93. The summed E-state index contributed by atoms with van der Waals surface area (Å²) in [5, 5.41) is 0. The van der Waals surface area contributed by atoms with Gasteiger partial charge in [0.05, 0.1) is 6.61 Å². The van der Waals surface area contributed by atoms with Gasteiger partial charge in [0, 0.05) is 19.6 Å². The lowest BCUT2D eigenvalue weighted by molar-refractivity contribution is 0.116. The van der Waals surface area contributed by atoms with Crippen molar-refractivity contribution in [3.05, 3.63) is 29.3 Å². The molecule has 0 radical (unpaired) electrons. The van der Waals surface area contributed by atoms with Gasteiger partial charge in [-0.3, -0.25) is 0 Å². The van der Waals surface area contributed by atoms with Crippen molar-refractivity contribution in [1.82, 2.24) is 0 Å². The van der Waals surface area contributed by atoms with E-state index in [0.29, 0.717) is 6.61 Å². The van der Waals surface area contributed by atoms with Gasteiger partial charge in [-0.25, -0.2) is 0 Å². The van der Waals surface area contributed by atoms with Gasteiger partial charge in [0.25, 0.3) is 0 Å². The maximum atomic E-state index is 5.74. The van der Waals surface area contributed by atoms with Crippen LogP contribution in [0, 0.1) is 13.8 Å². The van der Waals surface area contributed by atoms with Crippen molar-refractivity contribution in [2.75, 3.05) is 26.4 Å². The minimum atomic E-state index is 0.715. The molecule has 0 heterocycles. The Hall–Kier alpha value is -1.06. The Bertz CT molecular complexity index is 353. The maximum Gasteiger partial charge on any atom is 0.122 e. The minimum absolute atomic E-state index is 0.715. The predicted octanol–water partition coefficient (Wildman–Crippen LogP) is 3.22. The van der Waals surface area contributed by atoms with Gasteiger partial charge < -0.3 is 15.2 Å². The Morgan fingerprint density at radius 1 is 0.947 bits per heavy atom. The summed E-state index contributed by atoms with van der Waals surface area (Å²) < 4.78 is 11.3. The molecule has 0 bridgehead atoms. The predicted molar refractivity (Wildman–Crippen MR) is 79.8 cm³/mol. The molecule has 19 heavy (non-hydrogen) atoms. The molecule has 0 aliphatic rings. The number of benzene rings is 1. The minimum Gasteiger partial charge on any atom is -0.493 e. The van der Waals surface area contributed by atoms with Gasteiger partial charge in [-0.15, -0.1) is 0 Å². The number of rotatable bonds is 10. The second-order valence-corrected chi connectivity index (χ2v) is 4.93. The summed E-state index contributed by atoms with van der Waals surface area (Å²) >= 11 is 0. The number of ether oxygens (including phenoxy) is 2. The monoisotopic (exact) mass is 265 g/mol. The lowest BCUT2D eigenvalue weighted by atomic mass is 10.1. The fraction of sp³-hybridized carbons (Fsp3) is 0.625. The standard InChI is InChI=1S/C16H27NO2/c1-14-7-8-16(15(2)13-14)19-12-6-11-18-10-5-3-4-9-17/h7-8,13H,3-6,9-12,17H2,1-2H3. The van der Waals surface area contributed by atoms with E-state index in [2.05, 4.69) is 26.0 Å². The maximum absolute atomic E-state index is 5.74. The Morgan fingerprint density at radius 2 is 1.74 bits per heavy atom. The van der Waals surface area contributed by atoms with Crippen LogP contribution >= 0.6 is 0 Å². The van der Waals surface area contributed by atoms with Crippen LogP contribution in [0.1, 0.15) is 36.8 Å². The highest BCUT2D eigenvalue weighted by molar-refractivity contribution is 5.35. The van der Waals surface area contributed by atoms with Crippen molar-refractivity contribution in [2.45, 2.75) is 39.5 Å². The number of hydrogen-bond acceptors (Lipinski definition) is 3. The van der Waals surface area contributed by atoms with E-state index in [1.165, 1.54) is 11.1 Å². The van der Waals surface area contributed by atoms with Crippen LogP contribution in [0.25, 0.3) is 0 Å². The Kier molecular flexibility index (Phi) is 8.26. The molecule has 0 aromatic heterocycles. The molecule has 2 N–H and O–H groups in total. The normalized spacial score (nSPS) is 10.7. The van der Waals surface area contributed by atoms with Crippen LogP contribution in [0.15, 0.2) is 18.2 Å². The third-order valence-corrected chi connectivity index (χ3v) is 3.01. The molecule has 1 aromatic carbocycles. The third kappa shape index (κ3) is 7.19. The summed E-state index contributed by atoms with van der Waals surface area (Å²) in [6.07, 6.45) is 4.30. The zero-order valence-corrected chi connectivity index (χ0v) is 12.3. The molecule has 0 atom stereocenters. The first-order valence-electron chi connectivity index (χ1n) is 7.22. The second kappa shape index (κ2) is 9.82. The van der Waals surface area contributed by atoms with Crippen LogP contribution in [0.3, 0.4) is 0 Å². The first kappa shape index (κ1) is 16.0. The van der Waals surface area contributed by atoms with E-state index in [-0.39, 0.29) is 0 Å². The van der Waals surface area contributed by atoms with Crippen LogP contribution < -0.4 is 10.5 Å².